The molecule has 0 aliphatic heterocycles. The molecule has 2 N–H and O–H groups in total. The van der Waals surface area contributed by atoms with Crippen LogP contribution in [0.25, 0.3) is 10.9 Å². The second-order valence-corrected chi connectivity index (χ2v) is 7.54. The highest BCUT2D eigenvalue weighted by atomic mass is 16.5. The summed E-state index contributed by atoms with van der Waals surface area (Å²) in [6.45, 7) is 3.84. The molecule has 0 radical (unpaired) electrons. The number of ether oxygens (including phenoxy) is 2. The van der Waals surface area contributed by atoms with E-state index in [2.05, 4.69) is 4.98 Å². The van der Waals surface area contributed by atoms with Gasteiger partial charge in [-0.2, -0.15) is 0 Å². The van der Waals surface area contributed by atoms with Gasteiger partial charge in [0.15, 0.2) is 0 Å². The van der Waals surface area contributed by atoms with Crippen LogP contribution >= 0.6 is 0 Å². The van der Waals surface area contributed by atoms with E-state index in [0.29, 0.717) is 22.7 Å². The Morgan fingerprint density at radius 3 is 2.72 bits per heavy atom. The lowest BCUT2D eigenvalue weighted by Crippen LogP contribution is -2.23. The minimum Gasteiger partial charge on any atom is -0.490 e. The summed E-state index contributed by atoms with van der Waals surface area (Å²) >= 11 is 0. The van der Waals surface area contributed by atoms with Gasteiger partial charge in [0.2, 0.25) is 0 Å². The summed E-state index contributed by atoms with van der Waals surface area (Å²) in [5.74, 6) is 2.28. The smallest absolute Gasteiger partial charge is 0.252 e. The molecule has 0 spiro atoms. The van der Waals surface area contributed by atoms with Gasteiger partial charge in [-0.05, 0) is 69.6 Å². The molecule has 25 heavy (non-hydrogen) atoms. The summed E-state index contributed by atoms with van der Waals surface area (Å²) < 4.78 is 12.2. The standard InChI is InChI=1S/C20H24N2O3/c1-11(2)24-19-10-14-16(9-15(19)20(21)23)22-6-5-17(14)25-18-8-12-3-4-13(18)7-12/h5-6,9-13,18H,3-4,7-8H2,1-2H3,(H2,21,23)/t12-,13?,18-/m1/s1. The van der Waals surface area contributed by atoms with Crippen molar-refractivity contribution in [2.75, 3.05) is 0 Å². The van der Waals surface area contributed by atoms with E-state index in [0.717, 1.165) is 23.5 Å². The quantitative estimate of drug-likeness (QED) is 0.901. The van der Waals surface area contributed by atoms with Gasteiger partial charge in [-0.15, -0.1) is 0 Å². The number of amides is 1. The molecule has 3 atom stereocenters. The third-order valence-electron chi connectivity index (χ3n) is 5.38. The molecular formula is C20H24N2O3. The zero-order chi connectivity index (χ0) is 17.6. The van der Waals surface area contributed by atoms with Crippen LogP contribution in [0.5, 0.6) is 11.5 Å². The third-order valence-corrected chi connectivity index (χ3v) is 5.38. The topological polar surface area (TPSA) is 74.4 Å². The van der Waals surface area contributed by atoms with Crippen LogP contribution in [0.2, 0.25) is 0 Å². The number of pyridine rings is 1. The molecule has 5 heteroatoms. The number of primary amides is 1. The highest BCUT2D eigenvalue weighted by Gasteiger charge is 2.41. The van der Waals surface area contributed by atoms with Crippen LogP contribution < -0.4 is 15.2 Å². The van der Waals surface area contributed by atoms with Crippen LogP contribution in [0.3, 0.4) is 0 Å². The van der Waals surface area contributed by atoms with Crippen molar-refractivity contribution in [1.29, 1.82) is 0 Å². The highest BCUT2D eigenvalue weighted by Crippen LogP contribution is 2.46. The fourth-order valence-electron chi connectivity index (χ4n) is 4.29. The van der Waals surface area contributed by atoms with Crippen LogP contribution in [-0.2, 0) is 0 Å². The van der Waals surface area contributed by atoms with Crippen molar-refractivity contribution in [3.63, 3.8) is 0 Å². The molecule has 2 fully saturated rings. The van der Waals surface area contributed by atoms with E-state index in [1.807, 2.05) is 26.0 Å². The maximum absolute atomic E-state index is 11.8. The van der Waals surface area contributed by atoms with Gasteiger partial charge >= 0.3 is 0 Å². The lowest BCUT2D eigenvalue weighted by Gasteiger charge is -2.24. The number of nitrogens with zero attached hydrogens (tertiary/aromatic N) is 1. The van der Waals surface area contributed by atoms with Crippen molar-refractivity contribution in [1.82, 2.24) is 4.98 Å². The number of carbonyl (C=O) groups is 1. The number of hydrogen-bond donors (Lipinski definition) is 1. The van der Waals surface area contributed by atoms with E-state index in [-0.39, 0.29) is 12.2 Å². The zero-order valence-electron chi connectivity index (χ0n) is 14.7. The fraction of sp³-hybridized carbons (Fsp3) is 0.500. The number of rotatable bonds is 5. The number of nitrogens with two attached hydrogens (primary N) is 1. The molecule has 1 aromatic heterocycles. The fourth-order valence-corrected chi connectivity index (χ4v) is 4.29. The molecule has 1 amide bonds. The number of carbonyl (C=O) groups excluding carboxylic acids is 1. The average molecular weight is 340 g/mol. The minimum absolute atomic E-state index is 0.0536. The molecule has 2 saturated carbocycles. The Kier molecular flexibility index (Phi) is 4.02. The van der Waals surface area contributed by atoms with E-state index in [1.54, 1.807) is 12.3 Å². The molecule has 5 nitrogen and oxygen atoms in total. The van der Waals surface area contributed by atoms with Crippen LogP contribution in [0.4, 0.5) is 0 Å². The average Bonchev–Trinajstić information content (AvgIpc) is 3.17. The van der Waals surface area contributed by atoms with Crippen molar-refractivity contribution >= 4 is 16.8 Å². The Bertz CT molecular complexity index is 818. The predicted octanol–water partition coefficient (Wildman–Crippen LogP) is 3.69. The Morgan fingerprint density at radius 1 is 1.24 bits per heavy atom. The van der Waals surface area contributed by atoms with Crippen molar-refractivity contribution in [2.45, 2.75) is 51.7 Å². The van der Waals surface area contributed by atoms with E-state index in [4.69, 9.17) is 15.2 Å². The van der Waals surface area contributed by atoms with E-state index in [9.17, 15) is 4.79 Å². The molecule has 1 aromatic carbocycles. The first-order valence-corrected chi connectivity index (χ1v) is 9.07. The molecule has 4 rings (SSSR count). The molecule has 2 aliphatic carbocycles. The van der Waals surface area contributed by atoms with Crippen molar-refractivity contribution in [3.05, 3.63) is 30.0 Å². The lowest BCUT2D eigenvalue weighted by molar-refractivity contribution is 0.0994. The van der Waals surface area contributed by atoms with E-state index in [1.165, 1.54) is 19.3 Å². The maximum atomic E-state index is 11.8. The lowest BCUT2D eigenvalue weighted by atomic mass is 9.97. The van der Waals surface area contributed by atoms with Gasteiger partial charge in [0.25, 0.3) is 5.91 Å². The van der Waals surface area contributed by atoms with E-state index < -0.39 is 5.91 Å². The summed E-state index contributed by atoms with van der Waals surface area (Å²) in [5.41, 5.74) is 6.57. The molecule has 2 bridgehead atoms. The zero-order valence-corrected chi connectivity index (χ0v) is 14.7. The number of benzene rings is 1. The SMILES string of the molecule is CC(C)Oc1cc2c(O[C@@H]3C[C@@H]4CCC3C4)ccnc2cc1C(N)=O. The number of hydrogen-bond acceptors (Lipinski definition) is 4. The van der Waals surface area contributed by atoms with E-state index >= 15 is 0 Å². The van der Waals surface area contributed by atoms with Gasteiger partial charge in [0.05, 0.1) is 17.2 Å². The Hall–Kier alpha value is -2.30. The molecular weight excluding hydrogens is 316 g/mol. The first-order valence-electron chi connectivity index (χ1n) is 9.07. The molecule has 0 saturated heterocycles. The minimum atomic E-state index is -0.515. The second-order valence-electron chi connectivity index (χ2n) is 7.54. The predicted molar refractivity (Wildman–Crippen MR) is 95.9 cm³/mol. The van der Waals surface area contributed by atoms with Gasteiger partial charge < -0.3 is 15.2 Å². The maximum Gasteiger partial charge on any atom is 0.252 e. The largest absolute Gasteiger partial charge is 0.490 e. The van der Waals surface area contributed by atoms with Crippen molar-refractivity contribution in [3.8, 4) is 11.5 Å². The van der Waals surface area contributed by atoms with Crippen molar-refractivity contribution in [2.24, 2.45) is 17.6 Å². The summed E-state index contributed by atoms with van der Waals surface area (Å²) in [6, 6.07) is 5.44. The normalized spacial score (nSPS) is 24.8. The highest BCUT2D eigenvalue weighted by molar-refractivity contribution is 6.01. The van der Waals surface area contributed by atoms with Gasteiger partial charge in [-0.1, -0.05) is 0 Å². The molecule has 1 unspecified atom stereocenters. The van der Waals surface area contributed by atoms with Crippen LogP contribution in [0.15, 0.2) is 24.4 Å². The Morgan fingerprint density at radius 2 is 2.08 bits per heavy atom. The van der Waals surface area contributed by atoms with Gasteiger partial charge in [-0.3, -0.25) is 9.78 Å². The first kappa shape index (κ1) is 16.2. The van der Waals surface area contributed by atoms with Crippen LogP contribution in [-0.4, -0.2) is 23.1 Å². The summed E-state index contributed by atoms with van der Waals surface area (Å²) in [7, 11) is 0. The number of aromatic nitrogens is 1. The Balaban J connectivity index is 1.73. The van der Waals surface area contributed by atoms with Gasteiger partial charge in [0.1, 0.15) is 17.6 Å². The van der Waals surface area contributed by atoms with Crippen LogP contribution in [0.1, 0.15) is 49.9 Å². The number of fused-ring (bicyclic) bond motifs is 3. The second kappa shape index (κ2) is 6.21. The van der Waals surface area contributed by atoms with Crippen molar-refractivity contribution < 1.29 is 14.3 Å². The van der Waals surface area contributed by atoms with Crippen LogP contribution in [0, 0.1) is 11.8 Å². The third kappa shape index (κ3) is 3.03. The van der Waals surface area contributed by atoms with Gasteiger partial charge in [-0.25, -0.2) is 0 Å². The summed E-state index contributed by atoms with van der Waals surface area (Å²) in [5, 5.41) is 0.867. The Labute approximate surface area is 147 Å². The summed E-state index contributed by atoms with van der Waals surface area (Å²) in [4.78, 5) is 16.2. The van der Waals surface area contributed by atoms with Gasteiger partial charge in [0, 0.05) is 11.6 Å². The monoisotopic (exact) mass is 340 g/mol. The molecule has 2 aromatic rings. The molecule has 132 valence electrons. The summed E-state index contributed by atoms with van der Waals surface area (Å²) in [6.07, 6.45) is 7.00. The molecule has 2 aliphatic rings. The molecule has 1 heterocycles. The first-order chi connectivity index (χ1) is 12.0.